The number of imidazole rings is 1. The van der Waals surface area contributed by atoms with Gasteiger partial charge in [0, 0.05) is 36.1 Å². The molecule has 1 aliphatic carbocycles. The molecule has 1 saturated carbocycles. The van der Waals surface area contributed by atoms with Gasteiger partial charge in [0.25, 0.3) is 0 Å². The molecular weight excluding hydrogens is 394 g/mol. The molecule has 0 radical (unpaired) electrons. The largest absolute Gasteiger partial charge is 0.449 e. The van der Waals surface area contributed by atoms with E-state index < -0.39 is 6.09 Å². The molecule has 31 heavy (non-hydrogen) atoms. The maximum Gasteiger partial charge on any atom is 0.404 e. The second kappa shape index (κ2) is 8.02. The highest BCUT2D eigenvalue weighted by molar-refractivity contribution is 5.78. The maximum atomic E-state index is 10.7. The monoisotopic (exact) mass is 415 g/mol. The van der Waals surface area contributed by atoms with Crippen LogP contribution in [-0.2, 0) is 11.2 Å². The summed E-state index contributed by atoms with van der Waals surface area (Å²) < 4.78 is 6.98. The molecule has 3 aromatic heterocycles. The van der Waals surface area contributed by atoms with Gasteiger partial charge in [-0.3, -0.25) is 4.98 Å². The van der Waals surface area contributed by atoms with Gasteiger partial charge in [-0.05, 0) is 42.7 Å². The minimum absolute atomic E-state index is 0.257. The van der Waals surface area contributed by atoms with E-state index in [1.54, 1.807) is 18.6 Å². The van der Waals surface area contributed by atoms with E-state index in [0.717, 1.165) is 46.6 Å². The lowest BCUT2D eigenvalue weighted by Crippen LogP contribution is -2.14. The van der Waals surface area contributed by atoms with Crippen molar-refractivity contribution in [2.45, 2.75) is 25.3 Å². The third-order valence-electron chi connectivity index (χ3n) is 5.13. The van der Waals surface area contributed by atoms with Gasteiger partial charge in [-0.2, -0.15) is 4.98 Å². The Hall–Kier alpha value is -4.01. The van der Waals surface area contributed by atoms with Crippen LogP contribution in [0.2, 0.25) is 0 Å². The number of nitrogens with one attached hydrogen (secondary N) is 1. The van der Waals surface area contributed by atoms with Gasteiger partial charge < -0.3 is 20.4 Å². The highest BCUT2D eigenvalue weighted by atomic mass is 16.5. The summed E-state index contributed by atoms with van der Waals surface area (Å²) in [6.45, 7) is 0.257. The van der Waals surface area contributed by atoms with Crippen LogP contribution in [0.4, 0.5) is 16.4 Å². The van der Waals surface area contributed by atoms with Crippen molar-refractivity contribution in [1.82, 2.24) is 24.5 Å². The lowest BCUT2D eigenvalue weighted by Gasteiger charge is -2.09. The van der Waals surface area contributed by atoms with E-state index in [1.165, 1.54) is 0 Å². The van der Waals surface area contributed by atoms with Crippen molar-refractivity contribution in [3.05, 3.63) is 60.6 Å². The molecule has 0 unspecified atom stereocenters. The number of carbonyl (C=O) groups excluding carboxylic acids is 1. The van der Waals surface area contributed by atoms with Crippen LogP contribution in [0.25, 0.3) is 22.6 Å². The Morgan fingerprint density at radius 2 is 1.90 bits per heavy atom. The Kier molecular flexibility index (Phi) is 4.91. The van der Waals surface area contributed by atoms with Crippen LogP contribution in [0.15, 0.2) is 55.0 Å². The van der Waals surface area contributed by atoms with Crippen molar-refractivity contribution in [2.75, 3.05) is 11.9 Å². The van der Waals surface area contributed by atoms with Crippen molar-refractivity contribution in [3.8, 4) is 11.4 Å². The lowest BCUT2D eigenvalue weighted by atomic mass is 10.1. The number of fused-ring (bicyclic) bond motifs is 1. The van der Waals surface area contributed by atoms with Gasteiger partial charge in [-0.1, -0.05) is 12.1 Å². The normalized spacial score (nSPS) is 13.3. The van der Waals surface area contributed by atoms with Crippen LogP contribution in [0, 0.1) is 0 Å². The highest BCUT2D eigenvalue weighted by Gasteiger charge is 2.29. The molecule has 0 spiro atoms. The van der Waals surface area contributed by atoms with Crippen molar-refractivity contribution in [2.24, 2.45) is 5.73 Å². The molecule has 9 heteroatoms. The molecule has 5 rings (SSSR count). The number of nitrogens with two attached hydrogens (primary N) is 1. The highest BCUT2D eigenvalue weighted by Crippen LogP contribution is 2.40. The number of rotatable bonds is 7. The first-order valence-electron chi connectivity index (χ1n) is 10.1. The summed E-state index contributed by atoms with van der Waals surface area (Å²) in [5.74, 6) is 1.41. The van der Waals surface area contributed by atoms with Crippen LogP contribution in [0.3, 0.4) is 0 Å². The smallest absolute Gasteiger partial charge is 0.404 e. The molecule has 1 fully saturated rings. The van der Waals surface area contributed by atoms with E-state index in [2.05, 4.69) is 19.9 Å². The third kappa shape index (κ3) is 4.16. The zero-order valence-corrected chi connectivity index (χ0v) is 16.7. The molecule has 3 N–H and O–H groups in total. The minimum Gasteiger partial charge on any atom is -0.449 e. The van der Waals surface area contributed by atoms with Crippen LogP contribution < -0.4 is 11.1 Å². The van der Waals surface area contributed by atoms with Crippen molar-refractivity contribution >= 4 is 28.9 Å². The van der Waals surface area contributed by atoms with Gasteiger partial charge in [0.1, 0.15) is 11.3 Å². The molecule has 1 aromatic carbocycles. The first-order valence-corrected chi connectivity index (χ1v) is 10.1. The number of carbonyl (C=O) groups is 1. The van der Waals surface area contributed by atoms with Crippen LogP contribution in [-0.4, -0.2) is 37.2 Å². The molecule has 0 aliphatic heterocycles. The minimum atomic E-state index is -0.761. The zero-order valence-electron chi connectivity index (χ0n) is 16.7. The number of amides is 1. The Balaban J connectivity index is 1.39. The van der Waals surface area contributed by atoms with E-state index in [-0.39, 0.29) is 6.61 Å². The Morgan fingerprint density at radius 3 is 2.61 bits per heavy atom. The second-order valence-electron chi connectivity index (χ2n) is 7.41. The number of benzene rings is 1. The number of hydrogen-bond acceptors (Lipinski definition) is 7. The van der Waals surface area contributed by atoms with Crippen LogP contribution in [0.1, 0.15) is 24.4 Å². The molecule has 4 aromatic rings. The molecule has 1 aliphatic rings. The predicted octanol–water partition coefficient (Wildman–Crippen LogP) is 3.60. The fourth-order valence-corrected chi connectivity index (χ4v) is 3.49. The van der Waals surface area contributed by atoms with E-state index in [9.17, 15) is 4.79 Å². The van der Waals surface area contributed by atoms with Gasteiger partial charge in [-0.25, -0.2) is 14.8 Å². The fourth-order valence-electron chi connectivity index (χ4n) is 3.49. The average molecular weight is 415 g/mol. The molecule has 0 atom stereocenters. The Morgan fingerprint density at radius 1 is 1.13 bits per heavy atom. The number of primary amides is 1. The first kappa shape index (κ1) is 19.0. The second-order valence-corrected chi connectivity index (χ2v) is 7.41. The summed E-state index contributed by atoms with van der Waals surface area (Å²) in [5.41, 5.74) is 9.50. The van der Waals surface area contributed by atoms with E-state index in [0.29, 0.717) is 18.4 Å². The number of ether oxygens (including phenoxy) is 1. The number of nitrogens with zero attached hydrogens (tertiary/aromatic N) is 5. The van der Waals surface area contributed by atoms with E-state index >= 15 is 0 Å². The van der Waals surface area contributed by atoms with Crippen molar-refractivity contribution < 1.29 is 9.53 Å². The van der Waals surface area contributed by atoms with Crippen molar-refractivity contribution in [1.29, 1.82) is 0 Å². The lowest BCUT2D eigenvalue weighted by molar-refractivity contribution is 0.158. The van der Waals surface area contributed by atoms with Gasteiger partial charge in [0.2, 0.25) is 5.95 Å². The summed E-state index contributed by atoms with van der Waals surface area (Å²) >= 11 is 0. The average Bonchev–Trinajstić information content (AvgIpc) is 3.55. The van der Waals surface area contributed by atoms with Crippen molar-refractivity contribution in [3.63, 3.8) is 0 Å². The molecule has 1 amide bonds. The molecule has 9 nitrogen and oxygen atoms in total. The number of hydrogen-bond donors (Lipinski definition) is 2. The zero-order chi connectivity index (χ0) is 21.2. The predicted molar refractivity (Wildman–Crippen MR) is 116 cm³/mol. The van der Waals surface area contributed by atoms with Gasteiger partial charge in [0.15, 0.2) is 5.65 Å². The van der Waals surface area contributed by atoms with Crippen LogP contribution in [0.5, 0.6) is 0 Å². The molecule has 156 valence electrons. The first-order chi connectivity index (χ1) is 15.2. The molecular formula is C22H21N7O2. The Labute approximate surface area is 178 Å². The van der Waals surface area contributed by atoms with E-state index in [1.807, 2.05) is 36.4 Å². The van der Waals surface area contributed by atoms with Gasteiger partial charge in [-0.15, -0.1) is 0 Å². The summed E-state index contributed by atoms with van der Waals surface area (Å²) in [6.07, 6.45) is 7.38. The standard InChI is InChI=1S/C22H21N7O2/c23-21(30)31-12-9-14-1-3-16(4-2-14)26-22-25-13-18-20(28-22)29(17-5-6-17)19(27-18)15-7-10-24-11-8-15/h1-4,7-8,10-11,13,17H,5-6,9,12H2,(H2,23,30)(H,25,26,28). The summed E-state index contributed by atoms with van der Waals surface area (Å²) in [4.78, 5) is 28.7. The Bertz CT molecular complexity index is 1220. The maximum absolute atomic E-state index is 10.7. The topological polar surface area (TPSA) is 121 Å². The summed E-state index contributed by atoms with van der Waals surface area (Å²) in [5, 5.41) is 3.25. The van der Waals surface area contributed by atoms with Gasteiger partial charge in [0.05, 0.1) is 12.8 Å². The molecule has 0 saturated heterocycles. The SMILES string of the molecule is NC(=O)OCCc1ccc(Nc2ncc3nc(-c4ccncc4)n(C4CC4)c3n2)cc1. The fraction of sp³-hybridized carbons (Fsp3) is 0.227. The van der Waals surface area contributed by atoms with Crippen LogP contribution >= 0.6 is 0 Å². The quantitative estimate of drug-likeness (QED) is 0.473. The summed E-state index contributed by atoms with van der Waals surface area (Å²) in [6, 6.07) is 12.1. The summed E-state index contributed by atoms with van der Waals surface area (Å²) in [7, 11) is 0. The molecule has 0 bridgehead atoms. The molecule has 3 heterocycles. The number of aromatic nitrogens is 5. The number of anilines is 2. The van der Waals surface area contributed by atoms with E-state index in [4.69, 9.17) is 20.4 Å². The third-order valence-corrected chi connectivity index (χ3v) is 5.13. The van der Waals surface area contributed by atoms with Gasteiger partial charge >= 0.3 is 6.09 Å². The number of pyridine rings is 1.